The van der Waals surface area contributed by atoms with E-state index in [1.54, 1.807) is 0 Å². The first-order valence-corrected chi connectivity index (χ1v) is 45.3. The van der Waals surface area contributed by atoms with Crippen LogP contribution in [0, 0.1) is 62.3 Å². The van der Waals surface area contributed by atoms with E-state index >= 15 is 0 Å². The molecule has 0 bridgehead atoms. The van der Waals surface area contributed by atoms with E-state index < -0.39 is 0 Å². The van der Waals surface area contributed by atoms with E-state index in [4.69, 9.17) is 22.6 Å². The second-order valence-corrected chi connectivity index (χ2v) is 34.4. The van der Waals surface area contributed by atoms with Gasteiger partial charge in [0.05, 0.1) is 55.2 Å². The number of aromatic amines is 5. The van der Waals surface area contributed by atoms with Crippen molar-refractivity contribution >= 4 is 55.2 Å². The van der Waals surface area contributed by atoms with Gasteiger partial charge >= 0.3 is 0 Å². The number of nitrogens with one attached hydrogen (secondary N) is 5. The summed E-state index contributed by atoms with van der Waals surface area (Å²) in [6.07, 6.45) is 0. The summed E-state index contributed by atoms with van der Waals surface area (Å²) in [6, 6.07) is 113. The third kappa shape index (κ3) is 19.6. The molecule has 25 rings (SSSR count). The summed E-state index contributed by atoms with van der Waals surface area (Å²) in [4.78, 5) is 62.9. The highest BCUT2D eigenvalue weighted by Gasteiger charge is 2.20. The van der Waals surface area contributed by atoms with E-state index in [1.165, 1.54) is 50.1 Å². The topological polar surface area (TPSA) is 338 Å². The van der Waals surface area contributed by atoms with Crippen molar-refractivity contribution in [3.05, 3.63) is 390 Å². The van der Waals surface area contributed by atoms with Crippen molar-refractivity contribution in [2.24, 2.45) is 0 Å². The summed E-state index contributed by atoms with van der Waals surface area (Å²) >= 11 is 0. The van der Waals surface area contributed by atoms with Crippen molar-refractivity contribution in [1.29, 1.82) is 0 Å². The summed E-state index contributed by atoms with van der Waals surface area (Å²) < 4.78 is 27.1. The minimum Gasteiger partial charge on any atom is -0.338 e. The van der Waals surface area contributed by atoms with Crippen LogP contribution in [0.3, 0.4) is 0 Å². The lowest BCUT2D eigenvalue weighted by atomic mass is 10.1. The maximum absolute atomic E-state index is 5.43. The van der Waals surface area contributed by atoms with Crippen LogP contribution in [0.25, 0.3) is 226 Å². The highest BCUT2D eigenvalue weighted by Crippen LogP contribution is 2.35. The number of aromatic nitrogens is 20. The molecule has 15 aromatic carbocycles. The summed E-state index contributed by atoms with van der Waals surface area (Å²) in [5.74, 6) is 9.69. The van der Waals surface area contributed by atoms with E-state index in [1.807, 2.05) is 307 Å². The van der Waals surface area contributed by atoms with Gasteiger partial charge in [0.2, 0.25) is 29.1 Å². The molecule has 10 aromatic heterocycles. The number of imidazole rings is 5. The molecule has 0 unspecified atom stereocenters. The maximum atomic E-state index is 5.43. The Bertz CT molecular complexity index is 7810. The predicted octanol–water partition coefficient (Wildman–Crippen LogP) is 27.5. The lowest BCUT2D eigenvalue weighted by molar-refractivity contribution is 0.432. The fraction of sp³-hybridized carbons (Fsp3) is 0.0789. The van der Waals surface area contributed by atoms with Gasteiger partial charge < -0.3 is 47.5 Å². The molecule has 0 saturated heterocycles. The fourth-order valence-corrected chi connectivity index (χ4v) is 15.8. The minimum atomic E-state index is 0.516. The number of benzene rings is 15. The number of hydrogen-bond donors (Lipinski definition) is 5. The molecule has 0 aliphatic heterocycles. The van der Waals surface area contributed by atoms with Gasteiger partial charge in [-0.25, -0.2) is 24.9 Å². The van der Waals surface area contributed by atoms with Crippen LogP contribution in [0.15, 0.2) is 362 Å². The molecule has 0 aliphatic carbocycles. The Labute approximate surface area is 796 Å². The Kier molecular flexibility index (Phi) is 23.9. The Balaban J connectivity index is 0.000000103. The molecule has 0 radical (unpaired) electrons. The van der Waals surface area contributed by atoms with E-state index in [-0.39, 0.29) is 0 Å². The van der Waals surface area contributed by atoms with Gasteiger partial charge in [-0.1, -0.05) is 266 Å². The minimum absolute atomic E-state index is 0.516. The third-order valence-corrected chi connectivity index (χ3v) is 23.6. The number of aryl methyl sites for hydroxylation is 9. The zero-order valence-electron chi connectivity index (χ0n) is 77.1. The molecule has 139 heavy (non-hydrogen) atoms. The van der Waals surface area contributed by atoms with Crippen LogP contribution >= 0.6 is 0 Å². The van der Waals surface area contributed by atoms with Crippen LogP contribution in [0.5, 0.6) is 0 Å². The normalized spacial score (nSPS) is 11.2. The lowest BCUT2D eigenvalue weighted by Gasteiger charge is -1.98. The highest BCUT2D eigenvalue weighted by atomic mass is 16.5. The Morgan fingerprint density at radius 2 is 0.309 bits per heavy atom. The van der Waals surface area contributed by atoms with Crippen molar-refractivity contribution in [3.8, 4) is 171 Å². The van der Waals surface area contributed by atoms with Gasteiger partial charge in [-0.3, -0.25) is 0 Å². The summed E-state index contributed by atoms with van der Waals surface area (Å²) in [5, 5.41) is 20.6. The Morgan fingerprint density at radius 3 is 0.496 bits per heavy atom. The average Bonchev–Trinajstić information content (AvgIpc) is 1.67. The van der Waals surface area contributed by atoms with E-state index in [0.29, 0.717) is 58.6 Å². The van der Waals surface area contributed by atoms with Gasteiger partial charge in [0.1, 0.15) is 29.1 Å². The molecule has 0 fully saturated rings. The van der Waals surface area contributed by atoms with Crippen molar-refractivity contribution in [2.75, 3.05) is 0 Å². The molecule has 0 saturated carbocycles. The number of fused-ring (bicyclic) bond motifs is 5. The number of nitrogens with zero attached hydrogens (tertiary/aromatic N) is 15. The molecule has 25 heteroatoms. The first kappa shape index (κ1) is 87.0. The molecular weight excluding hydrogens is 1730 g/mol. The standard InChI is InChI=1S/4C23H18N4O.C22H16N4O/c4*1-14-3-6-18(7-4-14)23-26-22(27-28-23)17-10-8-16(9-11-17)21-24-19-12-5-15(2)13-20(19)25-21;1-14-7-12-18-19(13-14)24-20(23-18)15-8-10-16(11-9-15)21-25-22(27-26-21)17-5-3-2-4-6-17/h4*3-13H,1-2H3,(H,24,25);2-13H,1H3,(H,23,24). The summed E-state index contributed by atoms with van der Waals surface area (Å²) in [7, 11) is 0. The highest BCUT2D eigenvalue weighted by molar-refractivity contribution is 5.86. The van der Waals surface area contributed by atoms with Gasteiger partial charge in [-0.2, -0.15) is 24.9 Å². The van der Waals surface area contributed by atoms with Crippen molar-refractivity contribution < 1.29 is 22.6 Å². The zero-order valence-corrected chi connectivity index (χ0v) is 77.1. The third-order valence-electron chi connectivity index (χ3n) is 23.6. The lowest BCUT2D eigenvalue weighted by Crippen LogP contribution is -1.84. The summed E-state index contributed by atoms with van der Waals surface area (Å²) in [6.45, 7) is 18.6. The van der Waals surface area contributed by atoms with Crippen molar-refractivity contribution in [2.45, 2.75) is 62.3 Å². The van der Waals surface area contributed by atoms with Crippen LogP contribution in [0.2, 0.25) is 0 Å². The molecule has 674 valence electrons. The largest absolute Gasteiger partial charge is 0.338 e. The second kappa shape index (κ2) is 38.1. The Hall–Kier alpha value is -18.7. The number of rotatable bonds is 15. The first-order chi connectivity index (χ1) is 67.9. The monoisotopic (exact) mass is 1820 g/mol. The van der Waals surface area contributed by atoms with Gasteiger partial charge in [0.15, 0.2) is 0 Å². The summed E-state index contributed by atoms with van der Waals surface area (Å²) in [5.41, 5.74) is 35.0. The van der Waals surface area contributed by atoms with Gasteiger partial charge in [0.25, 0.3) is 29.5 Å². The second-order valence-electron chi connectivity index (χ2n) is 34.4. The molecule has 0 aliphatic rings. The maximum Gasteiger partial charge on any atom is 0.258 e. The predicted molar refractivity (Wildman–Crippen MR) is 544 cm³/mol. The quantitative estimate of drug-likeness (QED) is 0.0636. The smallest absolute Gasteiger partial charge is 0.258 e. The molecule has 0 amide bonds. The van der Waals surface area contributed by atoms with E-state index in [9.17, 15) is 0 Å². The molecule has 5 N–H and O–H groups in total. The molecule has 10 heterocycles. The SMILES string of the molecule is Cc1ccc(-c2nc(-c3ccc(-c4nc5ccc(C)cc5[nH]4)cc3)no2)cc1.Cc1ccc(-c2nc(-c3ccc(-c4nc5ccc(C)cc5[nH]4)cc3)no2)cc1.Cc1ccc(-c2nc(-c3ccc(-c4nc5ccc(C)cc5[nH]4)cc3)no2)cc1.Cc1ccc(-c2nc(-c3ccc(-c4nc5ccc(C)cc5[nH]4)cc3)no2)cc1.Cc1ccc2nc(-c3ccc(-c4noc(-c5ccccc5)n4)cc3)[nH]c2c1. The molecule has 25 nitrogen and oxygen atoms in total. The van der Waals surface area contributed by atoms with Crippen LogP contribution in [-0.4, -0.2) is 101 Å². The molecule has 0 spiro atoms. The van der Waals surface area contributed by atoms with Gasteiger partial charge in [0, 0.05) is 83.5 Å². The van der Waals surface area contributed by atoms with Gasteiger partial charge in [-0.15, -0.1) is 0 Å². The fourth-order valence-electron chi connectivity index (χ4n) is 15.8. The van der Waals surface area contributed by atoms with Crippen LogP contribution in [-0.2, 0) is 0 Å². The number of H-pyrrole nitrogens is 5. The van der Waals surface area contributed by atoms with Gasteiger partial charge in [-0.05, 0) is 211 Å². The Morgan fingerprint density at radius 1 is 0.151 bits per heavy atom. The molecular formula is C114H88N20O5. The average molecular weight is 1820 g/mol. The first-order valence-electron chi connectivity index (χ1n) is 45.3. The van der Waals surface area contributed by atoms with Crippen LogP contribution in [0.4, 0.5) is 0 Å². The molecule has 0 atom stereocenters. The molecule has 25 aromatic rings. The number of hydrogen-bond acceptors (Lipinski definition) is 20. The van der Waals surface area contributed by atoms with Crippen LogP contribution in [0.1, 0.15) is 50.1 Å². The van der Waals surface area contributed by atoms with E-state index in [0.717, 1.165) is 168 Å². The van der Waals surface area contributed by atoms with Crippen LogP contribution < -0.4 is 0 Å². The zero-order chi connectivity index (χ0) is 94.6. The van der Waals surface area contributed by atoms with Crippen molar-refractivity contribution in [3.63, 3.8) is 0 Å². The van der Waals surface area contributed by atoms with Crippen molar-refractivity contribution in [1.82, 2.24) is 101 Å². The van der Waals surface area contributed by atoms with E-state index in [2.05, 4.69) is 196 Å².